The predicted octanol–water partition coefficient (Wildman–Crippen LogP) is 4.21. The number of hydrogen-bond acceptors (Lipinski definition) is 3. The van der Waals surface area contributed by atoms with Gasteiger partial charge in [-0.3, -0.25) is 4.90 Å². The van der Waals surface area contributed by atoms with Crippen molar-refractivity contribution in [1.82, 2.24) is 9.80 Å². The average molecular weight is 382 g/mol. The van der Waals surface area contributed by atoms with E-state index in [4.69, 9.17) is 4.74 Å². The van der Waals surface area contributed by atoms with Crippen LogP contribution in [-0.4, -0.2) is 49.1 Å². The summed E-state index contributed by atoms with van der Waals surface area (Å²) in [6.45, 7) is 7.19. The first-order chi connectivity index (χ1) is 13.6. The number of rotatable bonds is 8. The Morgan fingerprint density at radius 1 is 1.14 bits per heavy atom. The fourth-order valence-electron chi connectivity index (χ4n) is 3.64. The molecule has 2 amide bonds. The van der Waals surface area contributed by atoms with Crippen LogP contribution >= 0.6 is 0 Å². The van der Waals surface area contributed by atoms with Gasteiger partial charge in [0.2, 0.25) is 0 Å². The van der Waals surface area contributed by atoms with Crippen molar-refractivity contribution < 1.29 is 9.53 Å². The molecule has 5 heteroatoms. The summed E-state index contributed by atoms with van der Waals surface area (Å²) >= 11 is 0. The van der Waals surface area contributed by atoms with E-state index < -0.39 is 0 Å². The van der Waals surface area contributed by atoms with Crippen LogP contribution in [-0.2, 0) is 17.9 Å². The minimum absolute atomic E-state index is 0.0564. The summed E-state index contributed by atoms with van der Waals surface area (Å²) in [5, 5.41) is 2.98. The van der Waals surface area contributed by atoms with Crippen LogP contribution in [0.25, 0.3) is 0 Å². The van der Waals surface area contributed by atoms with Crippen molar-refractivity contribution in [2.24, 2.45) is 5.92 Å². The van der Waals surface area contributed by atoms with Gasteiger partial charge in [-0.25, -0.2) is 4.79 Å². The molecule has 0 spiro atoms. The monoisotopic (exact) mass is 381 g/mol. The van der Waals surface area contributed by atoms with E-state index in [9.17, 15) is 4.79 Å². The number of carbonyl (C=O) groups is 1. The molecule has 0 saturated carbocycles. The number of anilines is 1. The number of carbonyl (C=O) groups excluding carboxylic acids is 1. The van der Waals surface area contributed by atoms with E-state index in [0.717, 1.165) is 43.9 Å². The largest absolute Gasteiger partial charge is 0.377 e. The summed E-state index contributed by atoms with van der Waals surface area (Å²) in [5.74, 6) is 0.521. The summed E-state index contributed by atoms with van der Waals surface area (Å²) in [6.07, 6.45) is 1.14. The predicted molar refractivity (Wildman–Crippen MR) is 113 cm³/mol. The van der Waals surface area contributed by atoms with Gasteiger partial charge in [-0.05, 0) is 49.1 Å². The van der Waals surface area contributed by atoms with Crippen molar-refractivity contribution in [1.29, 1.82) is 0 Å². The van der Waals surface area contributed by atoms with Crippen LogP contribution in [0, 0.1) is 5.92 Å². The number of urea groups is 1. The molecule has 1 atom stereocenters. The second-order valence-electron chi connectivity index (χ2n) is 7.52. The van der Waals surface area contributed by atoms with Crippen molar-refractivity contribution in [2.45, 2.75) is 26.5 Å². The summed E-state index contributed by atoms with van der Waals surface area (Å²) < 4.78 is 5.40. The Kier molecular flexibility index (Phi) is 7.46. The van der Waals surface area contributed by atoms with E-state index in [0.29, 0.717) is 19.1 Å². The second kappa shape index (κ2) is 10.2. The van der Waals surface area contributed by atoms with Gasteiger partial charge in [-0.2, -0.15) is 0 Å². The highest BCUT2D eigenvalue weighted by molar-refractivity contribution is 5.89. The first-order valence-electron chi connectivity index (χ1n) is 10.1. The van der Waals surface area contributed by atoms with Gasteiger partial charge in [0.15, 0.2) is 0 Å². The third-order valence-electron chi connectivity index (χ3n) is 5.18. The Labute approximate surface area is 168 Å². The second-order valence-corrected chi connectivity index (χ2v) is 7.52. The lowest BCUT2D eigenvalue weighted by Crippen LogP contribution is -2.36. The van der Waals surface area contributed by atoms with E-state index >= 15 is 0 Å². The van der Waals surface area contributed by atoms with Crippen molar-refractivity contribution in [3.8, 4) is 0 Å². The Balaban J connectivity index is 1.43. The molecule has 0 aromatic heterocycles. The molecule has 0 bridgehead atoms. The molecular weight excluding hydrogens is 350 g/mol. The zero-order valence-electron chi connectivity index (χ0n) is 16.9. The third-order valence-corrected chi connectivity index (χ3v) is 5.18. The standard InChI is InChI=1S/C23H31N3O2/c1-3-28-18-20-9-11-22(12-10-20)24-23(27)25(2)15-21-13-14-26(17-21)16-19-7-5-4-6-8-19/h4-12,21H,3,13-18H2,1-2H3,(H,24,27)/t21-/m0/s1. The van der Waals surface area contributed by atoms with Gasteiger partial charge in [0.05, 0.1) is 6.61 Å². The molecule has 0 aliphatic carbocycles. The quantitative estimate of drug-likeness (QED) is 0.745. The summed E-state index contributed by atoms with van der Waals surface area (Å²) in [4.78, 5) is 16.8. The molecule has 0 unspecified atom stereocenters. The van der Waals surface area contributed by atoms with Crippen LogP contribution < -0.4 is 5.32 Å². The molecule has 1 heterocycles. The van der Waals surface area contributed by atoms with Crippen LogP contribution in [0.5, 0.6) is 0 Å². The fourth-order valence-corrected chi connectivity index (χ4v) is 3.64. The SMILES string of the molecule is CCOCc1ccc(NC(=O)N(C)C[C@@H]2CCN(Cc3ccccc3)C2)cc1. The number of ether oxygens (including phenoxy) is 1. The van der Waals surface area contributed by atoms with Gasteiger partial charge >= 0.3 is 6.03 Å². The van der Waals surface area contributed by atoms with Crippen molar-refractivity contribution in [2.75, 3.05) is 38.6 Å². The molecule has 150 valence electrons. The third kappa shape index (κ3) is 6.08. The molecule has 2 aromatic rings. The van der Waals surface area contributed by atoms with Crippen LogP contribution in [0.3, 0.4) is 0 Å². The maximum absolute atomic E-state index is 12.5. The zero-order chi connectivity index (χ0) is 19.8. The van der Waals surface area contributed by atoms with E-state index in [1.165, 1.54) is 5.56 Å². The molecule has 0 radical (unpaired) electrons. The van der Waals surface area contributed by atoms with Gasteiger partial charge in [0.25, 0.3) is 0 Å². The molecular formula is C23H31N3O2. The van der Waals surface area contributed by atoms with Crippen LogP contribution in [0.2, 0.25) is 0 Å². The Hall–Kier alpha value is -2.37. The van der Waals surface area contributed by atoms with Gasteiger partial charge in [-0.15, -0.1) is 0 Å². The zero-order valence-corrected chi connectivity index (χ0v) is 16.9. The van der Waals surface area contributed by atoms with Crippen molar-refractivity contribution >= 4 is 11.7 Å². The maximum atomic E-state index is 12.5. The fraction of sp³-hybridized carbons (Fsp3) is 0.435. The lowest BCUT2D eigenvalue weighted by Gasteiger charge is -2.22. The summed E-state index contributed by atoms with van der Waals surface area (Å²) in [7, 11) is 1.87. The molecule has 1 aliphatic heterocycles. The minimum Gasteiger partial charge on any atom is -0.377 e. The normalized spacial score (nSPS) is 16.9. The highest BCUT2D eigenvalue weighted by Crippen LogP contribution is 2.20. The number of likely N-dealkylation sites (tertiary alicyclic amines) is 1. The highest BCUT2D eigenvalue weighted by Gasteiger charge is 2.25. The van der Waals surface area contributed by atoms with Crippen LogP contribution in [0.4, 0.5) is 10.5 Å². The molecule has 1 N–H and O–H groups in total. The molecule has 1 saturated heterocycles. The molecule has 5 nitrogen and oxygen atoms in total. The van der Waals surface area contributed by atoms with Crippen molar-refractivity contribution in [3.63, 3.8) is 0 Å². The summed E-state index contributed by atoms with van der Waals surface area (Å²) in [5.41, 5.74) is 3.27. The van der Waals surface area contributed by atoms with Gasteiger partial charge < -0.3 is 15.0 Å². The van der Waals surface area contributed by atoms with Crippen LogP contribution in [0.1, 0.15) is 24.5 Å². The van der Waals surface area contributed by atoms with E-state index in [1.807, 2.05) is 38.2 Å². The topological polar surface area (TPSA) is 44.8 Å². The average Bonchev–Trinajstić information content (AvgIpc) is 3.15. The first-order valence-corrected chi connectivity index (χ1v) is 10.1. The lowest BCUT2D eigenvalue weighted by atomic mass is 10.1. The van der Waals surface area contributed by atoms with E-state index in [2.05, 4.69) is 40.5 Å². The molecule has 3 rings (SSSR count). The maximum Gasteiger partial charge on any atom is 0.321 e. The summed E-state index contributed by atoms with van der Waals surface area (Å²) in [6, 6.07) is 18.4. The van der Waals surface area contributed by atoms with Gasteiger partial charge in [0.1, 0.15) is 0 Å². The van der Waals surface area contributed by atoms with E-state index in [-0.39, 0.29) is 6.03 Å². The van der Waals surface area contributed by atoms with E-state index in [1.54, 1.807) is 4.90 Å². The highest BCUT2D eigenvalue weighted by atomic mass is 16.5. The lowest BCUT2D eigenvalue weighted by molar-refractivity contribution is 0.134. The number of hydrogen-bond donors (Lipinski definition) is 1. The smallest absolute Gasteiger partial charge is 0.321 e. The Bertz CT molecular complexity index is 733. The number of nitrogens with zero attached hydrogens (tertiary/aromatic N) is 2. The number of nitrogens with one attached hydrogen (secondary N) is 1. The molecule has 1 fully saturated rings. The number of amides is 2. The molecule has 1 aliphatic rings. The molecule has 28 heavy (non-hydrogen) atoms. The van der Waals surface area contributed by atoms with Gasteiger partial charge in [0, 0.05) is 39.0 Å². The first kappa shape index (κ1) is 20.4. The Morgan fingerprint density at radius 2 is 1.89 bits per heavy atom. The van der Waals surface area contributed by atoms with Crippen LogP contribution in [0.15, 0.2) is 54.6 Å². The van der Waals surface area contributed by atoms with Crippen molar-refractivity contribution in [3.05, 3.63) is 65.7 Å². The van der Waals surface area contributed by atoms with Gasteiger partial charge in [-0.1, -0.05) is 42.5 Å². The number of benzene rings is 2. The Morgan fingerprint density at radius 3 is 2.61 bits per heavy atom. The minimum atomic E-state index is -0.0564. The molecule has 2 aromatic carbocycles.